The summed E-state index contributed by atoms with van der Waals surface area (Å²) in [5.41, 5.74) is 1.56. The van der Waals surface area contributed by atoms with Gasteiger partial charge in [-0.1, -0.05) is 19.1 Å². The smallest absolute Gasteiger partial charge is 0.408 e. The van der Waals surface area contributed by atoms with E-state index in [1.807, 2.05) is 24.3 Å². The highest BCUT2D eigenvalue weighted by atomic mass is 16.4. The molecule has 2 aromatic rings. The van der Waals surface area contributed by atoms with E-state index in [2.05, 4.69) is 17.1 Å². The van der Waals surface area contributed by atoms with Gasteiger partial charge in [-0.25, -0.2) is 4.79 Å². The van der Waals surface area contributed by atoms with Gasteiger partial charge in [0.25, 0.3) is 0 Å². The molecule has 0 radical (unpaired) electrons. The van der Waals surface area contributed by atoms with Crippen molar-refractivity contribution in [1.29, 1.82) is 0 Å². The predicted molar refractivity (Wildman–Crippen MR) is 83.6 cm³/mol. The van der Waals surface area contributed by atoms with Crippen molar-refractivity contribution in [3.8, 4) is 0 Å². The number of nitrogens with zero attached hydrogens (tertiary/aromatic N) is 2. The Morgan fingerprint density at radius 2 is 2.29 bits per heavy atom. The monoisotopic (exact) mass is 289 g/mol. The summed E-state index contributed by atoms with van der Waals surface area (Å²) in [7, 11) is 0. The van der Waals surface area contributed by atoms with Gasteiger partial charge in [-0.05, 0) is 38.1 Å². The van der Waals surface area contributed by atoms with Gasteiger partial charge >= 0.3 is 5.76 Å². The Kier molecular flexibility index (Phi) is 4.41. The van der Waals surface area contributed by atoms with Gasteiger partial charge in [-0.3, -0.25) is 9.47 Å². The molecule has 0 saturated carbocycles. The maximum Gasteiger partial charge on any atom is 0.419 e. The first kappa shape index (κ1) is 14.4. The molecule has 3 rings (SSSR count). The van der Waals surface area contributed by atoms with Gasteiger partial charge in [-0.15, -0.1) is 0 Å². The van der Waals surface area contributed by atoms with E-state index >= 15 is 0 Å². The summed E-state index contributed by atoms with van der Waals surface area (Å²) in [4.78, 5) is 14.4. The molecular weight excluding hydrogens is 266 g/mol. The molecule has 1 aromatic carbocycles. The molecule has 1 unspecified atom stereocenters. The third-order valence-corrected chi connectivity index (χ3v) is 4.38. The minimum absolute atomic E-state index is 0.256. The number of piperidine rings is 1. The molecule has 1 aromatic heterocycles. The topological polar surface area (TPSA) is 50.4 Å². The number of rotatable bonds is 5. The number of hydrogen-bond acceptors (Lipinski definition) is 4. The average Bonchev–Trinajstić information content (AvgIpc) is 2.85. The third kappa shape index (κ3) is 3.04. The van der Waals surface area contributed by atoms with E-state index in [-0.39, 0.29) is 5.76 Å². The summed E-state index contributed by atoms with van der Waals surface area (Å²) in [6, 6.07) is 8.20. The fraction of sp³-hybridized carbons (Fsp3) is 0.562. The first-order chi connectivity index (χ1) is 10.3. The van der Waals surface area contributed by atoms with Gasteiger partial charge < -0.3 is 9.73 Å². The zero-order valence-electron chi connectivity index (χ0n) is 12.5. The van der Waals surface area contributed by atoms with Crippen LogP contribution < -0.4 is 11.1 Å². The molecule has 0 bridgehead atoms. The molecule has 2 heterocycles. The summed E-state index contributed by atoms with van der Waals surface area (Å²) in [6.45, 7) is 6.93. The van der Waals surface area contributed by atoms with Crippen LogP contribution in [0.3, 0.4) is 0 Å². The summed E-state index contributed by atoms with van der Waals surface area (Å²) < 4.78 is 7.03. The highest BCUT2D eigenvalue weighted by molar-refractivity contribution is 5.72. The molecule has 1 aliphatic heterocycles. The SMILES string of the molecule is CCN(CCn1c(=O)oc2ccccc21)C1CCCNC1. The van der Waals surface area contributed by atoms with Crippen molar-refractivity contribution >= 4 is 11.1 Å². The van der Waals surface area contributed by atoms with Crippen molar-refractivity contribution in [3.05, 3.63) is 34.8 Å². The standard InChI is InChI=1S/C16H23N3O2/c1-2-18(13-6-5-9-17-12-13)10-11-19-14-7-3-4-8-15(14)21-16(19)20/h3-4,7-8,13,17H,2,5-6,9-12H2,1H3. The first-order valence-electron chi connectivity index (χ1n) is 7.82. The fourth-order valence-electron chi connectivity index (χ4n) is 3.20. The lowest BCUT2D eigenvalue weighted by atomic mass is 10.1. The quantitative estimate of drug-likeness (QED) is 0.909. The zero-order valence-corrected chi connectivity index (χ0v) is 12.5. The number of oxazole rings is 1. The minimum atomic E-state index is -0.256. The van der Waals surface area contributed by atoms with E-state index in [1.165, 1.54) is 12.8 Å². The number of likely N-dealkylation sites (N-methyl/N-ethyl adjacent to an activating group) is 1. The van der Waals surface area contributed by atoms with Crippen LogP contribution in [0.1, 0.15) is 19.8 Å². The highest BCUT2D eigenvalue weighted by Crippen LogP contribution is 2.13. The molecule has 114 valence electrons. The molecule has 1 fully saturated rings. The number of hydrogen-bond donors (Lipinski definition) is 1. The van der Waals surface area contributed by atoms with Gasteiger partial charge in [0.15, 0.2) is 5.58 Å². The average molecular weight is 289 g/mol. The molecule has 1 aliphatic rings. The van der Waals surface area contributed by atoms with Crippen LogP contribution in [0.15, 0.2) is 33.5 Å². The van der Waals surface area contributed by atoms with Crippen molar-refractivity contribution in [2.45, 2.75) is 32.4 Å². The van der Waals surface area contributed by atoms with Crippen LogP contribution in [-0.4, -0.2) is 41.7 Å². The maximum absolute atomic E-state index is 12.0. The van der Waals surface area contributed by atoms with E-state index in [1.54, 1.807) is 4.57 Å². The second-order valence-electron chi connectivity index (χ2n) is 5.62. The lowest BCUT2D eigenvalue weighted by molar-refractivity contribution is 0.167. The van der Waals surface area contributed by atoms with Crippen LogP contribution >= 0.6 is 0 Å². The largest absolute Gasteiger partial charge is 0.419 e. The van der Waals surface area contributed by atoms with E-state index < -0.39 is 0 Å². The molecular formula is C16H23N3O2. The summed E-state index contributed by atoms with van der Waals surface area (Å²) in [6.07, 6.45) is 2.47. The second-order valence-corrected chi connectivity index (χ2v) is 5.62. The van der Waals surface area contributed by atoms with Gasteiger partial charge in [0.2, 0.25) is 0 Å². The lowest BCUT2D eigenvalue weighted by Crippen LogP contribution is -2.47. The molecule has 1 N–H and O–H groups in total. The Morgan fingerprint density at radius 3 is 3.05 bits per heavy atom. The van der Waals surface area contributed by atoms with Crippen LogP contribution in [0.2, 0.25) is 0 Å². The highest BCUT2D eigenvalue weighted by Gasteiger charge is 2.20. The summed E-state index contributed by atoms with van der Waals surface area (Å²) in [5.74, 6) is -0.256. The Morgan fingerprint density at radius 1 is 1.43 bits per heavy atom. The molecule has 1 saturated heterocycles. The number of nitrogens with one attached hydrogen (secondary N) is 1. The number of aromatic nitrogens is 1. The normalized spacial score (nSPS) is 19.4. The van der Waals surface area contributed by atoms with E-state index in [4.69, 9.17) is 4.42 Å². The van der Waals surface area contributed by atoms with Crippen LogP contribution in [0.25, 0.3) is 11.1 Å². The lowest BCUT2D eigenvalue weighted by Gasteiger charge is -2.33. The number of fused-ring (bicyclic) bond motifs is 1. The molecule has 5 nitrogen and oxygen atoms in total. The second kappa shape index (κ2) is 6.45. The molecule has 21 heavy (non-hydrogen) atoms. The van der Waals surface area contributed by atoms with Crippen molar-refractivity contribution < 1.29 is 4.42 Å². The number of benzene rings is 1. The van der Waals surface area contributed by atoms with Crippen LogP contribution in [0, 0.1) is 0 Å². The van der Waals surface area contributed by atoms with Gasteiger partial charge in [0.05, 0.1) is 5.52 Å². The van der Waals surface area contributed by atoms with E-state index in [0.29, 0.717) is 18.2 Å². The van der Waals surface area contributed by atoms with Gasteiger partial charge in [0, 0.05) is 25.7 Å². The minimum Gasteiger partial charge on any atom is -0.408 e. The zero-order chi connectivity index (χ0) is 14.7. The Balaban J connectivity index is 1.72. The van der Waals surface area contributed by atoms with Gasteiger partial charge in [0.1, 0.15) is 0 Å². The molecule has 5 heteroatoms. The van der Waals surface area contributed by atoms with Crippen molar-refractivity contribution in [2.75, 3.05) is 26.2 Å². The number of para-hydroxylation sites is 2. The summed E-state index contributed by atoms with van der Waals surface area (Å²) >= 11 is 0. The van der Waals surface area contributed by atoms with Crippen molar-refractivity contribution in [2.24, 2.45) is 0 Å². The third-order valence-electron chi connectivity index (χ3n) is 4.38. The van der Waals surface area contributed by atoms with Crippen molar-refractivity contribution in [3.63, 3.8) is 0 Å². The van der Waals surface area contributed by atoms with Crippen LogP contribution in [-0.2, 0) is 6.54 Å². The van der Waals surface area contributed by atoms with Crippen LogP contribution in [0.5, 0.6) is 0 Å². The molecule has 0 amide bonds. The molecule has 1 atom stereocenters. The van der Waals surface area contributed by atoms with Gasteiger partial charge in [-0.2, -0.15) is 0 Å². The fourth-order valence-corrected chi connectivity index (χ4v) is 3.20. The Bertz CT molecular complexity index is 640. The molecule has 0 aliphatic carbocycles. The first-order valence-corrected chi connectivity index (χ1v) is 7.82. The van der Waals surface area contributed by atoms with E-state index in [9.17, 15) is 4.79 Å². The Labute approximate surface area is 124 Å². The molecule has 0 spiro atoms. The van der Waals surface area contributed by atoms with Crippen LogP contribution in [0.4, 0.5) is 0 Å². The maximum atomic E-state index is 12.0. The van der Waals surface area contributed by atoms with Crippen molar-refractivity contribution in [1.82, 2.24) is 14.8 Å². The predicted octanol–water partition coefficient (Wildman–Crippen LogP) is 1.67. The van der Waals surface area contributed by atoms with E-state index in [0.717, 1.165) is 31.7 Å². The Hall–Kier alpha value is -1.59. The summed E-state index contributed by atoms with van der Waals surface area (Å²) in [5, 5.41) is 3.46.